The first kappa shape index (κ1) is 9.85. The predicted octanol–water partition coefficient (Wildman–Crippen LogP) is -3.22. The lowest BCUT2D eigenvalue weighted by Crippen LogP contribution is -2.40. The first-order chi connectivity index (χ1) is 5.57. The molecule has 1 heterocycles. The normalized spacial score (nSPS) is 44.8. The van der Waals surface area contributed by atoms with Gasteiger partial charge in [-0.05, 0) is 0 Å². The van der Waals surface area contributed by atoms with Crippen molar-refractivity contribution in [2.45, 2.75) is 30.7 Å². The Hall–Kier alpha value is -0.240. The highest BCUT2D eigenvalue weighted by atomic mass is 16.6. The number of aliphatic hydroxyl groups excluding tert-OH is 5. The second kappa shape index (κ2) is 3.65. The lowest BCUT2D eigenvalue weighted by atomic mass is 10.1. The summed E-state index contributed by atoms with van der Waals surface area (Å²) in [7, 11) is 0. The summed E-state index contributed by atoms with van der Waals surface area (Å²) >= 11 is 0. The Morgan fingerprint density at radius 1 is 1.17 bits per heavy atom. The van der Waals surface area contributed by atoms with Gasteiger partial charge in [0.2, 0.25) is 0 Å². The van der Waals surface area contributed by atoms with Crippen LogP contribution in [0.15, 0.2) is 0 Å². The Bertz CT molecular complexity index is 151. The van der Waals surface area contributed by atoms with Crippen LogP contribution < -0.4 is 0 Å². The minimum Gasteiger partial charge on any atom is -0.394 e. The SMILES string of the molecule is OC[C@@H](O)[C@@H]1O[C@H](O)[C@H](O)[C@H]1O. The van der Waals surface area contributed by atoms with Gasteiger partial charge < -0.3 is 30.3 Å². The van der Waals surface area contributed by atoms with Gasteiger partial charge in [0.1, 0.15) is 24.4 Å². The van der Waals surface area contributed by atoms with Crippen LogP contribution in [0.1, 0.15) is 0 Å². The molecule has 0 aromatic rings. The van der Waals surface area contributed by atoms with E-state index in [1.54, 1.807) is 0 Å². The average molecular weight is 180 g/mol. The number of ether oxygens (including phenoxy) is 1. The second-order valence-corrected chi connectivity index (χ2v) is 2.72. The van der Waals surface area contributed by atoms with Crippen molar-refractivity contribution in [2.24, 2.45) is 0 Å². The maximum absolute atomic E-state index is 9.12. The number of aliphatic hydroxyl groups is 5. The molecule has 5 atom stereocenters. The zero-order valence-corrected chi connectivity index (χ0v) is 6.24. The van der Waals surface area contributed by atoms with Crippen LogP contribution in [0.2, 0.25) is 0 Å². The van der Waals surface area contributed by atoms with Crippen molar-refractivity contribution in [3.8, 4) is 0 Å². The maximum atomic E-state index is 9.12. The first-order valence-corrected chi connectivity index (χ1v) is 3.56. The summed E-state index contributed by atoms with van der Waals surface area (Å²) < 4.78 is 4.58. The zero-order chi connectivity index (χ0) is 9.30. The minimum atomic E-state index is -1.51. The van der Waals surface area contributed by atoms with Crippen LogP contribution in [-0.4, -0.2) is 62.8 Å². The van der Waals surface area contributed by atoms with Gasteiger partial charge >= 0.3 is 0 Å². The molecule has 0 spiro atoms. The fraction of sp³-hybridized carbons (Fsp3) is 1.00. The molecule has 5 N–H and O–H groups in total. The van der Waals surface area contributed by atoms with Gasteiger partial charge in [-0.15, -0.1) is 0 Å². The van der Waals surface area contributed by atoms with Gasteiger partial charge in [0, 0.05) is 0 Å². The van der Waals surface area contributed by atoms with Crippen molar-refractivity contribution >= 4 is 0 Å². The molecule has 1 saturated heterocycles. The Morgan fingerprint density at radius 3 is 2.08 bits per heavy atom. The molecule has 0 radical (unpaired) electrons. The fourth-order valence-corrected chi connectivity index (χ4v) is 1.11. The van der Waals surface area contributed by atoms with E-state index in [9.17, 15) is 0 Å². The molecule has 12 heavy (non-hydrogen) atoms. The van der Waals surface area contributed by atoms with Crippen molar-refractivity contribution in [1.29, 1.82) is 0 Å². The van der Waals surface area contributed by atoms with Crippen molar-refractivity contribution in [1.82, 2.24) is 0 Å². The highest BCUT2D eigenvalue weighted by molar-refractivity contribution is 4.89. The monoisotopic (exact) mass is 180 g/mol. The third kappa shape index (κ3) is 1.58. The van der Waals surface area contributed by atoms with E-state index in [0.717, 1.165) is 0 Å². The third-order valence-corrected chi connectivity index (χ3v) is 1.84. The molecular formula is C6H12O6. The first-order valence-electron chi connectivity index (χ1n) is 3.56. The van der Waals surface area contributed by atoms with E-state index < -0.39 is 37.3 Å². The quantitative estimate of drug-likeness (QED) is 0.306. The van der Waals surface area contributed by atoms with Crippen LogP contribution >= 0.6 is 0 Å². The fourth-order valence-electron chi connectivity index (χ4n) is 1.11. The van der Waals surface area contributed by atoms with E-state index in [1.165, 1.54) is 0 Å². The second-order valence-electron chi connectivity index (χ2n) is 2.72. The standard InChI is InChI=1S/C6H12O6/c7-1-2(8)5-3(9)4(10)6(11)12-5/h2-11H,1H2/t2-,3-,4-,5+,6+/m1/s1. The van der Waals surface area contributed by atoms with E-state index in [-0.39, 0.29) is 0 Å². The summed E-state index contributed by atoms with van der Waals surface area (Å²) in [6.45, 7) is -0.596. The summed E-state index contributed by atoms with van der Waals surface area (Å²) in [6.07, 6.45) is -6.75. The molecule has 0 saturated carbocycles. The molecular weight excluding hydrogens is 168 g/mol. The largest absolute Gasteiger partial charge is 0.394 e. The van der Waals surface area contributed by atoms with Gasteiger partial charge in [-0.1, -0.05) is 0 Å². The Morgan fingerprint density at radius 2 is 1.75 bits per heavy atom. The number of hydrogen-bond donors (Lipinski definition) is 5. The van der Waals surface area contributed by atoms with E-state index in [1.807, 2.05) is 0 Å². The molecule has 6 heteroatoms. The zero-order valence-electron chi connectivity index (χ0n) is 6.24. The molecule has 0 aromatic carbocycles. The summed E-state index contributed by atoms with van der Waals surface area (Å²) in [5.74, 6) is 0. The third-order valence-electron chi connectivity index (χ3n) is 1.84. The van der Waals surface area contributed by atoms with E-state index >= 15 is 0 Å². The van der Waals surface area contributed by atoms with Crippen LogP contribution in [-0.2, 0) is 4.74 Å². The van der Waals surface area contributed by atoms with E-state index in [2.05, 4.69) is 4.74 Å². The van der Waals surface area contributed by atoms with Gasteiger partial charge in [0.25, 0.3) is 0 Å². The van der Waals surface area contributed by atoms with Crippen molar-refractivity contribution in [3.05, 3.63) is 0 Å². The molecule has 0 aliphatic carbocycles. The highest BCUT2D eigenvalue weighted by Crippen LogP contribution is 2.21. The minimum absolute atomic E-state index is 0.596. The highest BCUT2D eigenvalue weighted by Gasteiger charge is 2.44. The number of rotatable bonds is 2. The molecule has 0 amide bonds. The molecule has 0 aromatic heterocycles. The van der Waals surface area contributed by atoms with Crippen molar-refractivity contribution in [3.63, 3.8) is 0 Å². The van der Waals surface area contributed by atoms with Crippen molar-refractivity contribution in [2.75, 3.05) is 6.61 Å². The average Bonchev–Trinajstić information content (AvgIpc) is 2.32. The molecule has 1 aliphatic rings. The molecule has 1 aliphatic heterocycles. The topological polar surface area (TPSA) is 110 Å². The molecule has 0 unspecified atom stereocenters. The van der Waals surface area contributed by atoms with Crippen LogP contribution in [0, 0.1) is 0 Å². The maximum Gasteiger partial charge on any atom is 0.184 e. The van der Waals surface area contributed by atoms with Gasteiger partial charge in [0.05, 0.1) is 6.61 Å². The Balaban J connectivity index is 2.58. The van der Waals surface area contributed by atoms with Crippen LogP contribution in [0.4, 0.5) is 0 Å². The van der Waals surface area contributed by atoms with Gasteiger partial charge in [-0.25, -0.2) is 0 Å². The smallest absolute Gasteiger partial charge is 0.184 e. The lowest BCUT2D eigenvalue weighted by molar-refractivity contribution is -0.150. The molecule has 6 nitrogen and oxygen atoms in total. The summed E-state index contributed by atoms with van der Waals surface area (Å²) in [4.78, 5) is 0. The molecule has 1 fully saturated rings. The Kier molecular flexibility index (Phi) is 2.99. The number of hydrogen-bond acceptors (Lipinski definition) is 6. The van der Waals surface area contributed by atoms with Gasteiger partial charge in [-0.3, -0.25) is 0 Å². The van der Waals surface area contributed by atoms with Gasteiger partial charge in [0.15, 0.2) is 6.29 Å². The predicted molar refractivity (Wildman–Crippen MR) is 36.0 cm³/mol. The summed E-state index contributed by atoms with van der Waals surface area (Å²) in [5.41, 5.74) is 0. The van der Waals surface area contributed by atoms with Crippen LogP contribution in [0.3, 0.4) is 0 Å². The summed E-state index contributed by atoms with van der Waals surface area (Å²) in [5, 5.41) is 44.4. The van der Waals surface area contributed by atoms with Gasteiger partial charge in [-0.2, -0.15) is 0 Å². The Labute approximate surface area is 68.6 Å². The van der Waals surface area contributed by atoms with E-state index in [4.69, 9.17) is 25.5 Å². The molecule has 0 bridgehead atoms. The van der Waals surface area contributed by atoms with Crippen LogP contribution in [0.25, 0.3) is 0 Å². The molecule has 1 rings (SSSR count). The van der Waals surface area contributed by atoms with E-state index in [0.29, 0.717) is 0 Å². The molecule has 72 valence electrons. The lowest BCUT2D eigenvalue weighted by Gasteiger charge is -2.18. The van der Waals surface area contributed by atoms with Crippen LogP contribution in [0.5, 0.6) is 0 Å². The van der Waals surface area contributed by atoms with Crippen molar-refractivity contribution < 1.29 is 30.3 Å². The summed E-state index contributed by atoms with van der Waals surface area (Å²) in [6, 6.07) is 0.